The van der Waals surface area contributed by atoms with Crippen LogP contribution in [-0.4, -0.2) is 38.7 Å². The third-order valence-electron chi connectivity index (χ3n) is 7.55. The maximum absolute atomic E-state index is 13.2. The van der Waals surface area contributed by atoms with Gasteiger partial charge in [0.05, 0.1) is 11.7 Å². The van der Waals surface area contributed by atoms with Gasteiger partial charge >= 0.3 is 0 Å². The van der Waals surface area contributed by atoms with Crippen molar-refractivity contribution in [1.82, 2.24) is 14.8 Å². The molecular weight excluding hydrogens is 414 g/mol. The zero-order valence-electron chi connectivity index (χ0n) is 18.4. The average molecular weight is 446 g/mol. The highest BCUT2D eigenvalue weighted by atomic mass is 35.5. The maximum atomic E-state index is 13.2. The van der Waals surface area contributed by atoms with Gasteiger partial charge in [-0.25, -0.2) is 0 Å². The number of benzene rings is 1. The van der Waals surface area contributed by atoms with Gasteiger partial charge in [0.25, 0.3) is 11.5 Å². The number of hydrogen-bond donors (Lipinski definition) is 2. The molecule has 4 aliphatic rings. The molecule has 6 rings (SSSR count). The first-order chi connectivity index (χ1) is 14.3. The van der Waals surface area contributed by atoms with E-state index in [4.69, 9.17) is 0 Å². The second-order valence-electron chi connectivity index (χ2n) is 9.82. The Balaban J connectivity index is 0.00000231. The fraction of sp³-hybridized carbons (Fsp3) is 0.583. The highest BCUT2D eigenvalue weighted by Gasteiger charge is 2.48. The number of hydrogen-bond acceptors (Lipinski definition) is 4. The average Bonchev–Trinajstić information content (AvgIpc) is 2.67. The summed E-state index contributed by atoms with van der Waals surface area (Å²) in [5.74, 6) is 0.972. The van der Waals surface area contributed by atoms with E-state index in [-0.39, 0.29) is 35.9 Å². The van der Waals surface area contributed by atoms with Gasteiger partial charge in [0, 0.05) is 23.5 Å². The molecule has 1 aromatic carbocycles. The number of rotatable bonds is 4. The Morgan fingerprint density at radius 3 is 2.19 bits per heavy atom. The predicted molar refractivity (Wildman–Crippen MR) is 124 cm³/mol. The lowest BCUT2D eigenvalue weighted by Gasteiger charge is -2.58. The number of aromatic hydroxyl groups is 1. The Hall–Kier alpha value is -2.05. The SMILES string of the molecule is CC(NC(=O)c1c(O)c2ccccc2n(C(C)C)c1=O)N1C2CC3CC(C2)CC1C3.Cl. The summed E-state index contributed by atoms with van der Waals surface area (Å²) in [6.07, 6.45) is 6.08. The van der Waals surface area contributed by atoms with E-state index in [0.29, 0.717) is 23.0 Å². The maximum Gasteiger partial charge on any atom is 0.267 e. The molecule has 7 heteroatoms. The number of aromatic nitrogens is 1. The predicted octanol–water partition coefficient (Wildman–Crippen LogP) is 4.05. The Morgan fingerprint density at radius 1 is 1.03 bits per heavy atom. The number of carbonyl (C=O) groups excluding carboxylic acids is 1. The van der Waals surface area contributed by atoms with Crippen LogP contribution in [-0.2, 0) is 0 Å². The lowest BCUT2D eigenvalue weighted by molar-refractivity contribution is -0.0828. The van der Waals surface area contributed by atoms with Gasteiger partial charge < -0.3 is 15.0 Å². The minimum atomic E-state index is -0.487. The molecule has 2 aromatic rings. The fourth-order valence-corrected chi connectivity index (χ4v) is 6.60. The van der Waals surface area contributed by atoms with Crippen molar-refractivity contribution in [2.45, 2.75) is 77.2 Å². The van der Waals surface area contributed by atoms with Crippen molar-refractivity contribution in [3.63, 3.8) is 0 Å². The van der Waals surface area contributed by atoms with Crippen molar-refractivity contribution in [1.29, 1.82) is 0 Å². The first-order valence-corrected chi connectivity index (χ1v) is 11.3. The summed E-state index contributed by atoms with van der Waals surface area (Å²) in [6, 6.07) is 8.12. The number of amides is 1. The number of fused-ring (bicyclic) bond motifs is 1. The lowest BCUT2D eigenvalue weighted by atomic mass is 9.63. The molecular formula is C24H32ClN3O3. The number of piperidine rings is 2. The van der Waals surface area contributed by atoms with Crippen LogP contribution in [0.15, 0.2) is 29.1 Å². The zero-order chi connectivity index (χ0) is 21.2. The summed E-state index contributed by atoms with van der Waals surface area (Å²) >= 11 is 0. The summed E-state index contributed by atoms with van der Waals surface area (Å²) in [6.45, 7) is 5.84. The molecule has 168 valence electrons. The van der Waals surface area contributed by atoms with E-state index < -0.39 is 11.5 Å². The van der Waals surface area contributed by atoms with Gasteiger partial charge in [-0.1, -0.05) is 12.1 Å². The van der Waals surface area contributed by atoms with Gasteiger partial charge in [-0.05, 0) is 76.8 Å². The van der Waals surface area contributed by atoms with Crippen LogP contribution in [0.25, 0.3) is 10.9 Å². The summed E-state index contributed by atoms with van der Waals surface area (Å²) in [7, 11) is 0. The van der Waals surface area contributed by atoms with Crippen LogP contribution in [0, 0.1) is 11.8 Å². The topological polar surface area (TPSA) is 74.6 Å². The Kier molecular flexibility index (Phi) is 5.81. The molecule has 0 radical (unpaired) electrons. The minimum absolute atomic E-state index is 0. The van der Waals surface area contributed by atoms with Gasteiger partial charge in [0.2, 0.25) is 0 Å². The first kappa shape index (κ1) is 22.2. The minimum Gasteiger partial charge on any atom is -0.506 e. The van der Waals surface area contributed by atoms with Crippen molar-refractivity contribution >= 4 is 29.2 Å². The number of carbonyl (C=O) groups is 1. The van der Waals surface area contributed by atoms with Crippen molar-refractivity contribution in [2.75, 3.05) is 0 Å². The summed E-state index contributed by atoms with van der Waals surface area (Å²) in [4.78, 5) is 28.9. The third-order valence-corrected chi connectivity index (χ3v) is 7.55. The highest BCUT2D eigenvalue weighted by molar-refractivity contribution is 6.02. The number of nitrogens with zero attached hydrogens (tertiary/aromatic N) is 2. The van der Waals surface area contributed by atoms with E-state index in [0.717, 1.165) is 11.8 Å². The molecule has 6 nitrogen and oxygen atoms in total. The van der Waals surface area contributed by atoms with Crippen molar-refractivity contribution in [3.05, 3.63) is 40.2 Å². The quantitative estimate of drug-likeness (QED) is 0.744. The van der Waals surface area contributed by atoms with Gasteiger partial charge in [-0.2, -0.15) is 0 Å². The van der Waals surface area contributed by atoms with Crippen molar-refractivity contribution < 1.29 is 9.90 Å². The van der Waals surface area contributed by atoms with Gasteiger partial charge in [-0.15, -0.1) is 12.4 Å². The van der Waals surface area contributed by atoms with Gasteiger partial charge in [-0.3, -0.25) is 14.5 Å². The van der Waals surface area contributed by atoms with Crippen LogP contribution < -0.4 is 10.9 Å². The monoisotopic (exact) mass is 445 g/mol. The van der Waals surface area contributed by atoms with E-state index in [1.54, 1.807) is 16.7 Å². The number of halogens is 1. The largest absolute Gasteiger partial charge is 0.506 e. The summed E-state index contributed by atoms with van der Waals surface area (Å²) in [5.41, 5.74) is 0.0506. The van der Waals surface area contributed by atoms with Crippen molar-refractivity contribution in [2.24, 2.45) is 11.8 Å². The molecule has 4 bridgehead atoms. The molecule has 1 aromatic heterocycles. The molecule has 3 heterocycles. The van der Waals surface area contributed by atoms with Crippen LogP contribution in [0.4, 0.5) is 0 Å². The van der Waals surface area contributed by atoms with E-state index in [2.05, 4.69) is 10.2 Å². The smallest absolute Gasteiger partial charge is 0.267 e. The van der Waals surface area contributed by atoms with E-state index >= 15 is 0 Å². The molecule has 0 spiro atoms. The number of pyridine rings is 1. The Bertz CT molecular complexity index is 1040. The van der Waals surface area contributed by atoms with Crippen LogP contribution >= 0.6 is 12.4 Å². The van der Waals surface area contributed by atoms with E-state index in [1.165, 1.54) is 32.1 Å². The van der Waals surface area contributed by atoms with Crippen LogP contribution in [0.3, 0.4) is 0 Å². The summed E-state index contributed by atoms with van der Waals surface area (Å²) < 4.78 is 1.60. The number of nitrogens with one attached hydrogen (secondary N) is 1. The second-order valence-corrected chi connectivity index (χ2v) is 9.82. The molecule has 2 saturated heterocycles. The van der Waals surface area contributed by atoms with Gasteiger partial charge in [0.15, 0.2) is 0 Å². The molecule has 2 saturated carbocycles. The summed E-state index contributed by atoms with van der Waals surface area (Å²) in [5, 5.41) is 14.4. The van der Waals surface area contributed by atoms with Crippen molar-refractivity contribution in [3.8, 4) is 5.75 Å². The molecule has 1 unspecified atom stereocenters. The number of para-hydroxylation sites is 1. The Morgan fingerprint density at radius 2 is 1.61 bits per heavy atom. The fourth-order valence-electron chi connectivity index (χ4n) is 6.60. The van der Waals surface area contributed by atoms with Crippen LogP contribution in [0.5, 0.6) is 5.75 Å². The van der Waals surface area contributed by atoms with E-state index in [9.17, 15) is 14.7 Å². The normalized spacial score (nSPS) is 28.0. The zero-order valence-corrected chi connectivity index (χ0v) is 19.2. The van der Waals surface area contributed by atoms with Crippen LogP contribution in [0.2, 0.25) is 0 Å². The highest BCUT2D eigenvalue weighted by Crippen LogP contribution is 2.49. The second kappa shape index (κ2) is 8.14. The molecule has 1 atom stereocenters. The third kappa shape index (κ3) is 3.54. The van der Waals surface area contributed by atoms with Gasteiger partial charge in [0.1, 0.15) is 11.3 Å². The molecule has 1 amide bonds. The molecule has 31 heavy (non-hydrogen) atoms. The van der Waals surface area contributed by atoms with E-state index in [1.807, 2.05) is 32.9 Å². The Labute approximate surface area is 189 Å². The molecule has 2 N–H and O–H groups in total. The molecule has 2 aliphatic heterocycles. The first-order valence-electron chi connectivity index (χ1n) is 11.3. The standard InChI is InChI=1S/C24H31N3O3.ClH/c1-13(2)26-20-7-5-4-6-19(20)22(28)21(24(26)30)23(29)25-14(3)27-17-9-15-8-16(11-17)12-18(27)10-15;/h4-7,13-18,28H,8-12H2,1-3H3,(H,25,29);1H. The molecule has 2 aliphatic carbocycles. The molecule has 4 fully saturated rings. The lowest BCUT2D eigenvalue weighted by Crippen LogP contribution is -2.64. The van der Waals surface area contributed by atoms with Crippen LogP contribution in [0.1, 0.15) is 69.3 Å².